The van der Waals surface area contributed by atoms with E-state index in [1.165, 1.54) is 11.1 Å². The second kappa shape index (κ2) is 10.8. The van der Waals surface area contributed by atoms with E-state index in [0.717, 1.165) is 33.2 Å². The van der Waals surface area contributed by atoms with Crippen molar-refractivity contribution in [2.24, 2.45) is 0 Å². The van der Waals surface area contributed by atoms with Gasteiger partial charge in [-0.1, -0.05) is 84.1 Å². The van der Waals surface area contributed by atoms with E-state index in [9.17, 15) is 4.79 Å². The lowest BCUT2D eigenvalue weighted by Gasteiger charge is -2.14. The lowest BCUT2D eigenvalue weighted by atomic mass is 10.1. The number of nitrogens with zero attached hydrogens (tertiary/aromatic N) is 3. The predicted molar refractivity (Wildman–Crippen MR) is 146 cm³/mol. The standard InChI is InChI=1S/C30H28N4OS/c1-21-8-6-9-24(18-21)20-36-30-33-27-12-7-17-31-28(27)34(30)19-23-13-15-26(16-14-23)29(35)32-22(2)25-10-4-3-5-11-25/h3-18,22H,19-20H2,1-2H3,(H,32,35)/t22-/m1/s1. The summed E-state index contributed by atoms with van der Waals surface area (Å²) in [5.41, 5.74) is 7.09. The maximum absolute atomic E-state index is 12.8. The van der Waals surface area contributed by atoms with Crippen LogP contribution in [0.3, 0.4) is 0 Å². The zero-order valence-electron chi connectivity index (χ0n) is 20.4. The molecule has 0 saturated carbocycles. The summed E-state index contributed by atoms with van der Waals surface area (Å²) in [7, 11) is 0. The average Bonchev–Trinajstić information content (AvgIpc) is 3.25. The van der Waals surface area contributed by atoms with Crippen LogP contribution in [-0.4, -0.2) is 20.4 Å². The fraction of sp³-hybridized carbons (Fsp3) is 0.167. The minimum absolute atomic E-state index is 0.0604. The van der Waals surface area contributed by atoms with Crippen molar-refractivity contribution in [2.75, 3.05) is 0 Å². The second-order valence-electron chi connectivity index (χ2n) is 8.91. The van der Waals surface area contributed by atoms with E-state index in [2.05, 4.69) is 46.1 Å². The van der Waals surface area contributed by atoms with Gasteiger partial charge in [-0.2, -0.15) is 0 Å². The summed E-state index contributed by atoms with van der Waals surface area (Å²) in [6, 6.07) is 30.2. The summed E-state index contributed by atoms with van der Waals surface area (Å²) in [4.78, 5) is 22.2. The molecule has 6 heteroatoms. The number of fused-ring (bicyclic) bond motifs is 1. The van der Waals surface area contributed by atoms with Gasteiger partial charge in [0.05, 0.1) is 12.6 Å². The first-order valence-corrected chi connectivity index (χ1v) is 13.0. The molecule has 0 aliphatic rings. The predicted octanol–water partition coefficient (Wildman–Crippen LogP) is 6.57. The fourth-order valence-corrected chi connectivity index (χ4v) is 5.13. The molecule has 5 rings (SSSR count). The first-order chi connectivity index (χ1) is 17.6. The molecule has 5 aromatic rings. The SMILES string of the molecule is Cc1cccc(CSc2nc3cccnc3n2Cc2ccc(C(=O)N[C@H](C)c3ccccc3)cc2)c1. The Morgan fingerprint density at radius 2 is 1.75 bits per heavy atom. The number of aromatic nitrogens is 3. The Balaban J connectivity index is 1.32. The summed E-state index contributed by atoms with van der Waals surface area (Å²) in [6.45, 7) is 4.74. The number of carbonyl (C=O) groups is 1. The normalized spacial score (nSPS) is 11.9. The van der Waals surface area contributed by atoms with Crippen molar-refractivity contribution < 1.29 is 4.79 Å². The molecule has 0 saturated heterocycles. The largest absolute Gasteiger partial charge is 0.346 e. The number of imidazole rings is 1. The number of amides is 1. The van der Waals surface area contributed by atoms with Crippen LogP contribution in [0.15, 0.2) is 102 Å². The Labute approximate surface area is 215 Å². The lowest BCUT2D eigenvalue weighted by Crippen LogP contribution is -2.26. The minimum Gasteiger partial charge on any atom is -0.346 e. The molecule has 0 unspecified atom stereocenters. The molecule has 0 aliphatic carbocycles. The van der Waals surface area contributed by atoms with Gasteiger partial charge in [0.25, 0.3) is 5.91 Å². The highest BCUT2D eigenvalue weighted by atomic mass is 32.2. The molecule has 2 heterocycles. The van der Waals surface area contributed by atoms with E-state index in [0.29, 0.717) is 12.1 Å². The number of rotatable bonds is 8. The Kier molecular flexibility index (Phi) is 7.14. The first kappa shape index (κ1) is 23.8. The highest BCUT2D eigenvalue weighted by Crippen LogP contribution is 2.27. The Morgan fingerprint density at radius 1 is 0.944 bits per heavy atom. The molecule has 36 heavy (non-hydrogen) atoms. The van der Waals surface area contributed by atoms with Crippen LogP contribution in [0.4, 0.5) is 0 Å². The van der Waals surface area contributed by atoms with E-state index < -0.39 is 0 Å². The van der Waals surface area contributed by atoms with Crippen LogP contribution < -0.4 is 5.32 Å². The van der Waals surface area contributed by atoms with Crippen LogP contribution in [0.1, 0.15) is 45.6 Å². The van der Waals surface area contributed by atoms with Gasteiger partial charge in [0.1, 0.15) is 5.52 Å². The van der Waals surface area contributed by atoms with E-state index in [1.807, 2.05) is 73.7 Å². The number of thioether (sulfide) groups is 1. The van der Waals surface area contributed by atoms with E-state index in [4.69, 9.17) is 4.98 Å². The smallest absolute Gasteiger partial charge is 0.251 e. The third-order valence-electron chi connectivity index (χ3n) is 6.12. The Morgan fingerprint density at radius 3 is 2.53 bits per heavy atom. The van der Waals surface area contributed by atoms with Crippen LogP contribution in [0.25, 0.3) is 11.2 Å². The molecule has 0 spiro atoms. The minimum atomic E-state index is -0.0814. The number of nitrogens with one attached hydrogen (secondary N) is 1. The molecule has 0 bridgehead atoms. The zero-order valence-corrected chi connectivity index (χ0v) is 21.2. The summed E-state index contributed by atoms with van der Waals surface area (Å²) < 4.78 is 2.16. The summed E-state index contributed by atoms with van der Waals surface area (Å²) in [5, 5.41) is 4.01. The summed E-state index contributed by atoms with van der Waals surface area (Å²) in [5.74, 6) is 0.756. The number of benzene rings is 3. The fourth-order valence-electron chi connectivity index (χ4n) is 4.19. The van der Waals surface area contributed by atoms with Gasteiger partial charge in [0, 0.05) is 17.5 Å². The maximum Gasteiger partial charge on any atom is 0.251 e. The van der Waals surface area contributed by atoms with Crippen molar-refractivity contribution >= 4 is 28.8 Å². The molecule has 0 aliphatic heterocycles. The molecule has 3 aromatic carbocycles. The highest BCUT2D eigenvalue weighted by molar-refractivity contribution is 7.98. The summed E-state index contributed by atoms with van der Waals surface area (Å²) in [6.07, 6.45) is 1.80. The van der Waals surface area contributed by atoms with Crippen molar-refractivity contribution in [3.63, 3.8) is 0 Å². The maximum atomic E-state index is 12.8. The van der Waals surface area contributed by atoms with Crippen LogP contribution in [0.5, 0.6) is 0 Å². The van der Waals surface area contributed by atoms with Crippen molar-refractivity contribution in [3.8, 4) is 0 Å². The van der Waals surface area contributed by atoms with Gasteiger partial charge in [-0.3, -0.25) is 9.36 Å². The molecular weight excluding hydrogens is 464 g/mol. The van der Waals surface area contributed by atoms with Gasteiger partial charge in [0.2, 0.25) is 0 Å². The third-order valence-corrected chi connectivity index (χ3v) is 7.17. The molecule has 0 radical (unpaired) electrons. The Bertz CT molecular complexity index is 1480. The van der Waals surface area contributed by atoms with Crippen molar-refractivity contribution in [1.29, 1.82) is 0 Å². The number of pyridine rings is 1. The van der Waals surface area contributed by atoms with Crippen molar-refractivity contribution in [1.82, 2.24) is 19.9 Å². The molecule has 1 atom stereocenters. The molecule has 1 N–H and O–H groups in total. The van der Waals surface area contributed by atoms with Gasteiger partial charge in [0.15, 0.2) is 10.8 Å². The molecule has 2 aromatic heterocycles. The molecule has 5 nitrogen and oxygen atoms in total. The van der Waals surface area contributed by atoms with Crippen molar-refractivity contribution in [3.05, 3.63) is 125 Å². The second-order valence-corrected chi connectivity index (χ2v) is 9.85. The van der Waals surface area contributed by atoms with Crippen molar-refractivity contribution in [2.45, 2.75) is 37.3 Å². The van der Waals surface area contributed by atoms with Crippen LogP contribution in [0.2, 0.25) is 0 Å². The highest BCUT2D eigenvalue weighted by Gasteiger charge is 2.15. The summed E-state index contributed by atoms with van der Waals surface area (Å²) >= 11 is 1.71. The number of carbonyl (C=O) groups excluding carboxylic acids is 1. The van der Waals surface area contributed by atoms with Gasteiger partial charge < -0.3 is 5.32 Å². The number of aryl methyl sites for hydroxylation is 1. The van der Waals surface area contributed by atoms with Crippen LogP contribution >= 0.6 is 11.8 Å². The third kappa shape index (κ3) is 5.50. The Hall–Kier alpha value is -3.90. The topological polar surface area (TPSA) is 59.8 Å². The van der Waals surface area contributed by atoms with Crippen LogP contribution in [-0.2, 0) is 12.3 Å². The van der Waals surface area contributed by atoms with E-state index in [1.54, 1.807) is 18.0 Å². The number of hydrogen-bond donors (Lipinski definition) is 1. The zero-order chi connectivity index (χ0) is 24.9. The molecule has 0 fully saturated rings. The first-order valence-electron chi connectivity index (χ1n) is 12.0. The molecule has 180 valence electrons. The lowest BCUT2D eigenvalue weighted by molar-refractivity contribution is 0.0940. The van der Waals surface area contributed by atoms with E-state index >= 15 is 0 Å². The van der Waals surface area contributed by atoms with Gasteiger partial charge in [-0.25, -0.2) is 9.97 Å². The molecule has 1 amide bonds. The average molecular weight is 493 g/mol. The monoisotopic (exact) mass is 492 g/mol. The van der Waals surface area contributed by atoms with Gasteiger partial charge in [-0.15, -0.1) is 0 Å². The van der Waals surface area contributed by atoms with E-state index in [-0.39, 0.29) is 11.9 Å². The van der Waals surface area contributed by atoms with Crippen LogP contribution in [0, 0.1) is 6.92 Å². The quantitative estimate of drug-likeness (QED) is 0.249. The number of hydrogen-bond acceptors (Lipinski definition) is 4. The molecular formula is C30H28N4OS. The van der Waals surface area contributed by atoms with Gasteiger partial charge in [-0.05, 0) is 54.8 Å². The van der Waals surface area contributed by atoms with Gasteiger partial charge >= 0.3 is 0 Å².